The van der Waals surface area contributed by atoms with Crippen LogP contribution in [0.15, 0.2) is 30.5 Å². The number of likely N-dealkylation sites (tertiary alicyclic amines) is 1. The first-order valence-corrected chi connectivity index (χ1v) is 8.35. The number of carbonyl (C=O) groups excluding carboxylic acids is 2. The van der Waals surface area contributed by atoms with Crippen molar-refractivity contribution in [3.05, 3.63) is 41.7 Å². The molecule has 2 N–H and O–H groups in total. The summed E-state index contributed by atoms with van der Waals surface area (Å²) in [5.41, 5.74) is 0.793. The van der Waals surface area contributed by atoms with Crippen LogP contribution in [-0.4, -0.2) is 55.9 Å². The van der Waals surface area contributed by atoms with Crippen LogP contribution in [0.5, 0.6) is 0 Å². The summed E-state index contributed by atoms with van der Waals surface area (Å²) >= 11 is 0. The van der Waals surface area contributed by atoms with Crippen LogP contribution in [0.1, 0.15) is 40.1 Å². The molecular formula is C17H19N5O4. The highest BCUT2D eigenvalue weighted by Crippen LogP contribution is 2.16. The Morgan fingerprint density at radius 1 is 1.15 bits per heavy atom. The van der Waals surface area contributed by atoms with E-state index in [1.165, 1.54) is 6.20 Å². The maximum Gasteiger partial charge on any atom is 0.358 e. The first-order valence-electron chi connectivity index (χ1n) is 8.35. The van der Waals surface area contributed by atoms with Crippen molar-refractivity contribution in [2.24, 2.45) is 0 Å². The third-order valence-corrected chi connectivity index (χ3v) is 4.10. The zero-order chi connectivity index (χ0) is 18.5. The fourth-order valence-corrected chi connectivity index (χ4v) is 2.83. The minimum absolute atomic E-state index is 0.0387. The first-order chi connectivity index (χ1) is 12.5. The van der Waals surface area contributed by atoms with E-state index in [1.54, 1.807) is 24.3 Å². The van der Waals surface area contributed by atoms with Gasteiger partial charge in [-0.2, -0.15) is 0 Å². The average Bonchev–Trinajstić information content (AvgIpc) is 3.10. The number of carboxylic acid groups (broad SMARTS) is 1. The molecule has 2 amide bonds. The lowest BCUT2D eigenvalue weighted by Crippen LogP contribution is -2.35. The number of amides is 2. The number of aromatic nitrogens is 3. The second-order valence-electron chi connectivity index (χ2n) is 6.09. The van der Waals surface area contributed by atoms with Crippen LogP contribution < -0.4 is 5.32 Å². The second-order valence-corrected chi connectivity index (χ2v) is 6.09. The van der Waals surface area contributed by atoms with E-state index in [-0.39, 0.29) is 18.1 Å². The van der Waals surface area contributed by atoms with Crippen LogP contribution in [0, 0.1) is 0 Å². The van der Waals surface area contributed by atoms with E-state index < -0.39 is 11.9 Å². The molecule has 2 heterocycles. The molecule has 1 fully saturated rings. The molecule has 0 unspecified atom stereocenters. The molecule has 1 aromatic heterocycles. The van der Waals surface area contributed by atoms with Gasteiger partial charge in [0.25, 0.3) is 5.91 Å². The lowest BCUT2D eigenvalue weighted by Gasteiger charge is -2.26. The number of hydrogen-bond acceptors (Lipinski definition) is 5. The molecule has 1 aliphatic heterocycles. The van der Waals surface area contributed by atoms with Crippen molar-refractivity contribution < 1.29 is 19.5 Å². The largest absolute Gasteiger partial charge is 0.476 e. The smallest absolute Gasteiger partial charge is 0.358 e. The number of carbonyl (C=O) groups is 3. The fraction of sp³-hybridized carbons (Fsp3) is 0.353. The standard InChI is InChI=1S/C17H19N5O4/c23-15(11-22-10-14(17(25)26)19-20-22)18-13-6-4-5-12(9-13)16(24)21-7-2-1-3-8-21/h4-6,9-10H,1-3,7-8,11H2,(H,18,23)(H,25,26). The summed E-state index contributed by atoms with van der Waals surface area (Å²) in [6.07, 6.45) is 4.35. The van der Waals surface area contributed by atoms with Gasteiger partial charge in [0.05, 0.1) is 6.20 Å². The number of nitrogens with one attached hydrogen (secondary N) is 1. The van der Waals surface area contributed by atoms with Gasteiger partial charge in [-0.1, -0.05) is 11.3 Å². The van der Waals surface area contributed by atoms with Crippen molar-refractivity contribution in [3.63, 3.8) is 0 Å². The minimum Gasteiger partial charge on any atom is -0.476 e. The molecule has 0 saturated carbocycles. The van der Waals surface area contributed by atoms with Crippen LogP contribution in [0.4, 0.5) is 5.69 Å². The van der Waals surface area contributed by atoms with E-state index in [4.69, 9.17) is 5.11 Å². The zero-order valence-electron chi connectivity index (χ0n) is 14.1. The molecule has 136 valence electrons. The van der Waals surface area contributed by atoms with Crippen molar-refractivity contribution in [2.45, 2.75) is 25.8 Å². The molecule has 0 spiro atoms. The first kappa shape index (κ1) is 17.6. The molecule has 1 saturated heterocycles. The van der Waals surface area contributed by atoms with Gasteiger partial charge in [-0.3, -0.25) is 9.59 Å². The summed E-state index contributed by atoms with van der Waals surface area (Å²) in [6.45, 7) is 1.34. The highest BCUT2D eigenvalue weighted by molar-refractivity contribution is 5.97. The number of rotatable bonds is 5. The third kappa shape index (κ3) is 4.24. The van der Waals surface area contributed by atoms with Crippen LogP contribution in [-0.2, 0) is 11.3 Å². The Labute approximate surface area is 149 Å². The van der Waals surface area contributed by atoms with E-state index in [0.717, 1.165) is 37.0 Å². The number of piperidine rings is 1. The van der Waals surface area contributed by atoms with E-state index >= 15 is 0 Å². The Balaban J connectivity index is 1.63. The molecule has 0 radical (unpaired) electrons. The maximum absolute atomic E-state index is 12.5. The van der Waals surface area contributed by atoms with Crippen LogP contribution in [0.3, 0.4) is 0 Å². The summed E-state index contributed by atoms with van der Waals surface area (Å²) in [5.74, 6) is -1.64. The molecule has 0 aliphatic carbocycles. The third-order valence-electron chi connectivity index (χ3n) is 4.10. The van der Waals surface area contributed by atoms with Crippen LogP contribution in [0.2, 0.25) is 0 Å². The normalized spacial score (nSPS) is 14.1. The van der Waals surface area contributed by atoms with Crippen molar-refractivity contribution in [1.82, 2.24) is 19.9 Å². The summed E-state index contributed by atoms with van der Waals surface area (Å²) in [7, 11) is 0. The number of anilines is 1. The van der Waals surface area contributed by atoms with Gasteiger partial charge in [-0.05, 0) is 37.5 Å². The molecule has 2 aromatic rings. The lowest BCUT2D eigenvalue weighted by atomic mass is 10.1. The lowest BCUT2D eigenvalue weighted by molar-refractivity contribution is -0.116. The van der Waals surface area contributed by atoms with E-state index in [2.05, 4.69) is 15.6 Å². The molecule has 0 bridgehead atoms. The minimum atomic E-state index is -1.21. The molecule has 3 rings (SSSR count). The van der Waals surface area contributed by atoms with Gasteiger partial charge in [0, 0.05) is 24.3 Å². The number of aromatic carboxylic acids is 1. The van der Waals surface area contributed by atoms with E-state index in [0.29, 0.717) is 11.3 Å². The van der Waals surface area contributed by atoms with Crippen LogP contribution in [0.25, 0.3) is 0 Å². The van der Waals surface area contributed by atoms with Gasteiger partial charge in [0.2, 0.25) is 5.91 Å². The number of hydrogen-bond donors (Lipinski definition) is 2. The predicted molar refractivity (Wildman–Crippen MR) is 91.8 cm³/mol. The van der Waals surface area contributed by atoms with Crippen LogP contribution >= 0.6 is 0 Å². The summed E-state index contributed by atoms with van der Waals surface area (Å²) < 4.78 is 1.14. The van der Waals surface area contributed by atoms with Crippen molar-refractivity contribution in [1.29, 1.82) is 0 Å². The van der Waals surface area contributed by atoms with Crippen molar-refractivity contribution in [3.8, 4) is 0 Å². The fourth-order valence-electron chi connectivity index (χ4n) is 2.83. The van der Waals surface area contributed by atoms with Gasteiger partial charge >= 0.3 is 5.97 Å². The summed E-state index contributed by atoms with van der Waals surface area (Å²) in [6, 6.07) is 6.77. The van der Waals surface area contributed by atoms with E-state index in [1.807, 2.05) is 4.90 Å². The highest BCUT2D eigenvalue weighted by atomic mass is 16.4. The number of carboxylic acids is 1. The molecule has 26 heavy (non-hydrogen) atoms. The van der Waals surface area contributed by atoms with Crippen molar-refractivity contribution in [2.75, 3.05) is 18.4 Å². The molecule has 1 aliphatic rings. The molecule has 9 nitrogen and oxygen atoms in total. The van der Waals surface area contributed by atoms with E-state index in [9.17, 15) is 14.4 Å². The van der Waals surface area contributed by atoms with Gasteiger partial charge in [0.1, 0.15) is 6.54 Å². The topological polar surface area (TPSA) is 117 Å². The Bertz CT molecular complexity index is 826. The summed E-state index contributed by atoms with van der Waals surface area (Å²) in [4.78, 5) is 37.2. The Kier molecular flexibility index (Phi) is 5.26. The highest BCUT2D eigenvalue weighted by Gasteiger charge is 2.18. The Morgan fingerprint density at radius 2 is 1.92 bits per heavy atom. The molecular weight excluding hydrogens is 338 g/mol. The maximum atomic E-state index is 12.5. The molecule has 9 heteroatoms. The monoisotopic (exact) mass is 357 g/mol. The zero-order valence-corrected chi connectivity index (χ0v) is 14.1. The van der Waals surface area contributed by atoms with Gasteiger partial charge in [-0.15, -0.1) is 5.10 Å². The summed E-state index contributed by atoms with van der Waals surface area (Å²) in [5, 5.41) is 18.5. The number of nitrogens with zero attached hydrogens (tertiary/aromatic N) is 4. The Morgan fingerprint density at radius 3 is 2.62 bits per heavy atom. The van der Waals surface area contributed by atoms with Gasteiger partial charge in [-0.25, -0.2) is 9.48 Å². The molecule has 1 aromatic carbocycles. The van der Waals surface area contributed by atoms with Gasteiger partial charge < -0.3 is 15.3 Å². The Hall–Kier alpha value is -3.23. The molecule has 0 atom stereocenters. The quantitative estimate of drug-likeness (QED) is 0.831. The SMILES string of the molecule is O=C(Cn1cc(C(=O)O)nn1)Nc1cccc(C(=O)N2CCCCC2)c1. The van der Waals surface area contributed by atoms with Gasteiger partial charge in [0.15, 0.2) is 5.69 Å². The van der Waals surface area contributed by atoms with Crippen molar-refractivity contribution >= 4 is 23.5 Å². The average molecular weight is 357 g/mol. The predicted octanol–water partition coefficient (Wildman–Crippen LogP) is 1.24. The second kappa shape index (κ2) is 7.77. The number of benzene rings is 1.